The lowest BCUT2D eigenvalue weighted by atomic mass is 9.98. The SMILES string of the molecule is CCC#CCCc1ccc(OCC(C)C)c(C(C)C)c1. The number of hydrogen-bond donors (Lipinski definition) is 0. The third-order valence-electron chi connectivity index (χ3n) is 3.11. The normalized spacial score (nSPS) is 10.6. The molecule has 1 aromatic rings. The first kappa shape index (κ1) is 16.6. The van der Waals surface area contributed by atoms with Gasteiger partial charge >= 0.3 is 0 Å². The first-order valence-corrected chi connectivity index (χ1v) is 7.75. The van der Waals surface area contributed by atoms with Crippen molar-refractivity contribution in [1.82, 2.24) is 0 Å². The first-order valence-electron chi connectivity index (χ1n) is 7.75. The van der Waals surface area contributed by atoms with Gasteiger partial charge in [-0.05, 0) is 35.4 Å². The molecule has 0 heterocycles. The summed E-state index contributed by atoms with van der Waals surface area (Å²) in [5, 5.41) is 0. The van der Waals surface area contributed by atoms with Crippen molar-refractivity contribution in [2.24, 2.45) is 5.92 Å². The molecule has 0 fully saturated rings. The third-order valence-corrected chi connectivity index (χ3v) is 3.11. The van der Waals surface area contributed by atoms with E-state index < -0.39 is 0 Å². The molecule has 0 unspecified atom stereocenters. The van der Waals surface area contributed by atoms with Gasteiger partial charge in [-0.2, -0.15) is 0 Å². The summed E-state index contributed by atoms with van der Waals surface area (Å²) in [6.45, 7) is 11.7. The predicted octanol–water partition coefficient (Wildman–Crippen LogP) is 5.19. The zero-order valence-corrected chi connectivity index (χ0v) is 13.6. The summed E-state index contributed by atoms with van der Waals surface area (Å²) in [4.78, 5) is 0. The van der Waals surface area contributed by atoms with Crippen molar-refractivity contribution in [3.05, 3.63) is 29.3 Å². The molecule has 20 heavy (non-hydrogen) atoms. The maximum Gasteiger partial charge on any atom is 0.122 e. The monoisotopic (exact) mass is 272 g/mol. The van der Waals surface area contributed by atoms with Crippen LogP contribution in [0.4, 0.5) is 0 Å². The molecule has 1 rings (SSSR count). The van der Waals surface area contributed by atoms with Crippen molar-refractivity contribution in [2.45, 2.75) is 59.8 Å². The van der Waals surface area contributed by atoms with Crippen molar-refractivity contribution in [3.63, 3.8) is 0 Å². The molecule has 0 aliphatic heterocycles. The summed E-state index contributed by atoms with van der Waals surface area (Å²) in [5.74, 6) is 8.41. The van der Waals surface area contributed by atoms with Crippen LogP contribution in [-0.4, -0.2) is 6.61 Å². The Balaban J connectivity index is 2.78. The lowest BCUT2D eigenvalue weighted by molar-refractivity contribution is 0.267. The highest BCUT2D eigenvalue weighted by atomic mass is 16.5. The lowest BCUT2D eigenvalue weighted by Crippen LogP contribution is -2.07. The highest BCUT2D eigenvalue weighted by Gasteiger charge is 2.09. The van der Waals surface area contributed by atoms with E-state index in [4.69, 9.17) is 4.74 Å². The molecule has 0 N–H and O–H groups in total. The smallest absolute Gasteiger partial charge is 0.122 e. The largest absolute Gasteiger partial charge is 0.493 e. The number of hydrogen-bond acceptors (Lipinski definition) is 1. The van der Waals surface area contributed by atoms with Crippen LogP contribution in [-0.2, 0) is 6.42 Å². The molecule has 0 aliphatic carbocycles. The molecule has 1 nitrogen and oxygen atoms in total. The fraction of sp³-hybridized carbons (Fsp3) is 0.579. The van der Waals surface area contributed by atoms with Gasteiger partial charge in [0, 0.05) is 12.8 Å². The second kappa shape index (κ2) is 8.69. The van der Waals surface area contributed by atoms with Gasteiger partial charge in [0.1, 0.15) is 5.75 Å². The van der Waals surface area contributed by atoms with Crippen LogP contribution in [0.15, 0.2) is 18.2 Å². The molecule has 0 radical (unpaired) electrons. The van der Waals surface area contributed by atoms with Gasteiger partial charge in [-0.15, -0.1) is 11.8 Å². The zero-order chi connectivity index (χ0) is 15.0. The average Bonchev–Trinajstić information content (AvgIpc) is 2.41. The van der Waals surface area contributed by atoms with Crippen LogP contribution in [0.5, 0.6) is 5.75 Å². The molecule has 1 heteroatoms. The van der Waals surface area contributed by atoms with Crippen LogP contribution < -0.4 is 4.74 Å². The van der Waals surface area contributed by atoms with E-state index in [-0.39, 0.29) is 0 Å². The Morgan fingerprint density at radius 2 is 1.85 bits per heavy atom. The molecular weight excluding hydrogens is 244 g/mol. The van der Waals surface area contributed by atoms with Crippen molar-refractivity contribution < 1.29 is 4.74 Å². The van der Waals surface area contributed by atoms with E-state index >= 15 is 0 Å². The Morgan fingerprint density at radius 3 is 2.45 bits per heavy atom. The number of ether oxygens (including phenoxy) is 1. The van der Waals surface area contributed by atoms with E-state index in [0.717, 1.165) is 31.6 Å². The Bertz CT molecular complexity index is 460. The second-order valence-corrected chi connectivity index (χ2v) is 5.94. The minimum atomic E-state index is 0.485. The van der Waals surface area contributed by atoms with Gasteiger partial charge in [-0.3, -0.25) is 0 Å². The van der Waals surface area contributed by atoms with Crippen LogP contribution >= 0.6 is 0 Å². The molecule has 0 spiro atoms. The first-order chi connectivity index (χ1) is 9.54. The summed E-state index contributed by atoms with van der Waals surface area (Å²) in [5.41, 5.74) is 2.67. The Kier molecular flexibility index (Phi) is 7.23. The third kappa shape index (κ3) is 5.70. The summed E-state index contributed by atoms with van der Waals surface area (Å²) >= 11 is 0. The quantitative estimate of drug-likeness (QED) is 0.647. The van der Waals surface area contributed by atoms with Gasteiger partial charge in [-0.25, -0.2) is 0 Å². The van der Waals surface area contributed by atoms with Gasteiger partial charge < -0.3 is 4.74 Å². The minimum Gasteiger partial charge on any atom is -0.493 e. The maximum absolute atomic E-state index is 5.93. The molecule has 0 saturated heterocycles. The predicted molar refractivity (Wildman–Crippen MR) is 87.3 cm³/mol. The molecular formula is C19H28O. The molecule has 0 aromatic heterocycles. The summed E-state index contributed by atoms with van der Waals surface area (Å²) < 4.78 is 5.93. The molecule has 0 amide bonds. The summed E-state index contributed by atoms with van der Waals surface area (Å²) in [6, 6.07) is 6.59. The van der Waals surface area contributed by atoms with Gasteiger partial charge in [0.25, 0.3) is 0 Å². The maximum atomic E-state index is 5.93. The highest BCUT2D eigenvalue weighted by Crippen LogP contribution is 2.28. The van der Waals surface area contributed by atoms with Crippen molar-refractivity contribution >= 4 is 0 Å². The molecule has 0 bridgehead atoms. The summed E-state index contributed by atoms with van der Waals surface area (Å²) in [7, 11) is 0. The van der Waals surface area contributed by atoms with Crippen LogP contribution in [0.1, 0.15) is 64.5 Å². The number of aryl methyl sites for hydroxylation is 1. The number of benzene rings is 1. The highest BCUT2D eigenvalue weighted by molar-refractivity contribution is 5.39. The second-order valence-electron chi connectivity index (χ2n) is 5.94. The molecule has 1 aromatic carbocycles. The van der Waals surface area contributed by atoms with E-state index in [1.54, 1.807) is 0 Å². The standard InChI is InChI=1S/C19H28O/c1-6-7-8-9-10-17-11-12-19(20-14-15(2)3)18(13-17)16(4)5/h11-13,15-16H,6,9-10,14H2,1-5H3. The van der Waals surface area contributed by atoms with E-state index in [1.807, 2.05) is 0 Å². The molecule has 0 atom stereocenters. The van der Waals surface area contributed by atoms with E-state index in [1.165, 1.54) is 11.1 Å². The van der Waals surface area contributed by atoms with Crippen LogP contribution in [0.25, 0.3) is 0 Å². The van der Waals surface area contributed by atoms with Crippen molar-refractivity contribution in [3.8, 4) is 17.6 Å². The van der Waals surface area contributed by atoms with Crippen molar-refractivity contribution in [1.29, 1.82) is 0 Å². The van der Waals surface area contributed by atoms with Gasteiger partial charge in [0.2, 0.25) is 0 Å². The van der Waals surface area contributed by atoms with E-state index in [2.05, 4.69) is 64.7 Å². The Morgan fingerprint density at radius 1 is 1.10 bits per heavy atom. The minimum absolute atomic E-state index is 0.485. The lowest BCUT2D eigenvalue weighted by Gasteiger charge is -2.16. The topological polar surface area (TPSA) is 9.23 Å². The Hall–Kier alpha value is -1.42. The van der Waals surface area contributed by atoms with E-state index in [0.29, 0.717) is 11.8 Å². The molecule has 0 aliphatic rings. The summed E-state index contributed by atoms with van der Waals surface area (Å²) in [6.07, 6.45) is 2.91. The molecule has 110 valence electrons. The van der Waals surface area contributed by atoms with Crippen LogP contribution in [0.3, 0.4) is 0 Å². The van der Waals surface area contributed by atoms with E-state index in [9.17, 15) is 0 Å². The average molecular weight is 272 g/mol. The van der Waals surface area contributed by atoms with Gasteiger partial charge in [0.05, 0.1) is 6.61 Å². The molecule has 0 saturated carbocycles. The van der Waals surface area contributed by atoms with Gasteiger partial charge in [-0.1, -0.05) is 46.8 Å². The van der Waals surface area contributed by atoms with Crippen LogP contribution in [0.2, 0.25) is 0 Å². The fourth-order valence-corrected chi connectivity index (χ4v) is 2.01. The number of rotatable bonds is 6. The Labute approximate surface area is 124 Å². The zero-order valence-electron chi connectivity index (χ0n) is 13.6. The van der Waals surface area contributed by atoms with Gasteiger partial charge in [0.15, 0.2) is 0 Å². The van der Waals surface area contributed by atoms with Crippen molar-refractivity contribution in [2.75, 3.05) is 6.61 Å². The fourth-order valence-electron chi connectivity index (χ4n) is 2.01. The van der Waals surface area contributed by atoms with Crippen LogP contribution in [0, 0.1) is 17.8 Å².